The van der Waals surface area contributed by atoms with Gasteiger partial charge in [0.15, 0.2) is 30.2 Å². The average Bonchev–Trinajstić information content (AvgIpc) is 3.11. The molecular weight excluding hydrogens is 470 g/mol. The van der Waals surface area contributed by atoms with E-state index in [0.717, 1.165) is 0 Å². The Kier molecular flexibility index (Phi) is 4.84. The van der Waals surface area contributed by atoms with Crippen LogP contribution in [-0.4, -0.2) is 97.2 Å². The standard InChI is InChI=1S/C6H6N12O12.C2H3N/c19-13(20)7-1-2-8(14(21)22)5(7)6-9(15(23)24)3(11(1)17(27)28)4(10(6)16(25)26)12(2)18(29)30;1-2-3/h1-6H;1H3/t1-,2+,3+,4-,5?,6?;. The molecule has 0 saturated carbocycles. The zero-order valence-corrected chi connectivity index (χ0v) is 15.7. The van der Waals surface area contributed by atoms with Gasteiger partial charge in [0.25, 0.3) is 37.0 Å². The third-order valence-corrected chi connectivity index (χ3v) is 5.18. The zero-order chi connectivity index (χ0) is 25.1. The van der Waals surface area contributed by atoms with Gasteiger partial charge >= 0.3 is 0 Å². The van der Waals surface area contributed by atoms with Gasteiger partial charge in [0, 0.05) is 6.92 Å². The smallest absolute Gasteiger partial charge is 0.235 e. The molecule has 25 nitrogen and oxygen atoms in total. The predicted octanol–water partition coefficient (Wildman–Crippen LogP) is -3.51. The average molecular weight is 479 g/mol. The van der Waals surface area contributed by atoms with E-state index >= 15 is 0 Å². The first-order chi connectivity index (χ1) is 15.3. The van der Waals surface area contributed by atoms with Crippen molar-refractivity contribution in [1.82, 2.24) is 30.1 Å². The molecule has 0 amide bonds. The maximum atomic E-state index is 11.7. The van der Waals surface area contributed by atoms with Crippen molar-refractivity contribution in [1.29, 1.82) is 5.26 Å². The van der Waals surface area contributed by atoms with Gasteiger partial charge in [-0.05, 0) is 0 Å². The van der Waals surface area contributed by atoms with Crippen LogP contribution in [0.5, 0.6) is 0 Å². The number of nitriles is 1. The summed E-state index contributed by atoms with van der Waals surface area (Å²) in [6, 6.07) is 1.75. The van der Waals surface area contributed by atoms with E-state index in [1.807, 2.05) is 0 Å². The summed E-state index contributed by atoms with van der Waals surface area (Å²) in [6.45, 7) is 1.43. The van der Waals surface area contributed by atoms with Crippen molar-refractivity contribution in [2.45, 2.75) is 43.9 Å². The molecule has 178 valence electrons. The van der Waals surface area contributed by atoms with Crippen molar-refractivity contribution in [3.8, 4) is 6.07 Å². The van der Waals surface area contributed by atoms with Crippen LogP contribution in [0.4, 0.5) is 0 Å². The van der Waals surface area contributed by atoms with Crippen molar-refractivity contribution < 1.29 is 30.2 Å². The van der Waals surface area contributed by atoms with Crippen LogP contribution >= 0.6 is 0 Å². The minimum atomic E-state index is -2.47. The summed E-state index contributed by atoms with van der Waals surface area (Å²) >= 11 is 0. The summed E-state index contributed by atoms with van der Waals surface area (Å²) in [5.41, 5.74) is 0. The lowest BCUT2D eigenvalue weighted by Gasteiger charge is -2.39. The predicted molar refractivity (Wildman–Crippen MR) is 87.0 cm³/mol. The number of nitrogens with zero attached hydrogens (tertiary/aromatic N) is 13. The van der Waals surface area contributed by atoms with Crippen LogP contribution in [0.1, 0.15) is 6.92 Å². The summed E-state index contributed by atoms with van der Waals surface area (Å²) in [5.74, 6) is 0. The Labute approximate surface area is 177 Å². The van der Waals surface area contributed by atoms with Gasteiger partial charge < -0.3 is 0 Å². The van der Waals surface area contributed by atoms with Gasteiger partial charge in [0.1, 0.15) is 0 Å². The van der Waals surface area contributed by atoms with Crippen molar-refractivity contribution in [3.05, 3.63) is 60.7 Å². The van der Waals surface area contributed by atoms with E-state index in [0.29, 0.717) is 0 Å². The quantitative estimate of drug-likeness (QED) is 0.263. The SMILES string of the molecule is CC#N.O=[N+]([O-])N1C2C3N([N+](=O)[O-])[C@H]4[C@@H](N3[N+](=O)[O-])N([N+](=O)[O-])[C@@H]1[C@@H](N2[N+](=O)[O-])N4[N+](=O)[O-]. The fourth-order valence-corrected chi connectivity index (χ4v) is 4.46. The Balaban J connectivity index is 0.000000968. The summed E-state index contributed by atoms with van der Waals surface area (Å²) in [7, 11) is 0. The topological polar surface area (TPSA) is 302 Å². The fourth-order valence-electron chi connectivity index (χ4n) is 4.46. The number of piperazine rings is 1. The first-order valence-corrected chi connectivity index (χ1v) is 8.21. The molecule has 0 N–H and O–H groups in total. The van der Waals surface area contributed by atoms with E-state index in [1.165, 1.54) is 6.92 Å². The molecule has 0 aliphatic carbocycles. The molecule has 0 aromatic carbocycles. The molecule has 5 aliphatic rings. The number of nitro groups is 6. The van der Waals surface area contributed by atoms with Gasteiger partial charge in [-0.25, -0.2) is 60.7 Å². The largest absolute Gasteiger partial charge is 0.272 e. The third-order valence-electron chi connectivity index (χ3n) is 5.18. The number of hydrogen-bond acceptors (Lipinski definition) is 13. The molecule has 0 aromatic rings. The molecule has 5 saturated heterocycles. The molecule has 5 aliphatic heterocycles. The summed E-state index contributed by atoms with van der Waals surface area (Å²) in [4.78, 5) is 69.9. The lowest BCUT2D eigenvalue weighted by Crippen LogP contribution is -2.77. The first kappa shape index (κ1) is 22.4. The minimum Gasteiger partial charge on any atom is -0.235 e. The molecule has 0 aromatic heterocycles. The lowest BCUT2D eigenvalue weighted by atomic mass is 10.2. The monoisotopic (exact) mass is 479 g/mol. The normalized spacial score (nSPS) is 30.4. The van der Waals surface area contributed by atoms with Crippen LogP contribution in [0.25, 0.3) is 0 Å². The first-order valence-electron chi connectivity index (χ1n) is 8.21. The van der Waals surface area contributed by atoms with Crippen molar-refractivity contribution in [2.24, 2.45) is 0 Å². The zero-order valence-electron chi connectivity index (χ0n) is 15.7. The molecule has 25 heteroatoms. The van der Waals surface area contributed by atoms with Crippen LogP contribution < -0.4 is 0 Å². The second-order valence-electron chi connectivity index (χ2n) is 6.41. The summed E-state index contributed by atoms with van der Waals surface area (Å²) in [5, 5.41) is 67.8. The minimum absolute atomic E-state index is 0.180. The summed E-state index contributed by atoms with van der Waals surface area (Å²) in [6.07, 6.45) is -14.4. The number of hydrogen-bond donors (Lipinski definition) is 0. The van der Waals surface area contributed by atoms with Gasteiger partial charge in [-0.1, -0.05) is 30.1 Å². The molecule has 6 bridgehead atoms. The van der Waals surface area contributed by atoms with Gasteiger partial charge in [-0.15, -0.1) is 0 Å². The molecule has 0 spiro atoms. The highest BCUT2D eigenvalue weighted by molar-refractivity contribution is 5.09. The van der Waals surface area contributed by atoms with E-state index < -0.39 is 67.2 Å². The highest BCUT2D eigenvalue weighted by atomic mass is 16.7. The molecule has 0 atom stereocenters. The molecule has 0 radical (unpaired) electrons. The second kappa shape index (κ2) is 7.13. The molecule has 5 fully saturated rings. The van der Waals surface area contributed by atoms with Crippen LogP contribution in [0.2, 0.25) is 0 Å². The van der Waals surface area contributed by atoms with Crippen molar-refractivity contribution >= 4 is 0 Å². The molecular formula is C8H9N13O12. The van der Waals surface area contributed by atoms with Gasteiger partial charge in [-0.3, -0.25) is 0 Å². The van der Waals surface area contributed by atoms with E-state index in [4.69, 9.17) is 5.26 Å². The van der Waals surface area contributed by atoms with Crippen LogP contribution in [0.3, 0.4) is 0 Å². The maximum absolute atomic E-state index is 11.7. The Morgan fingerprint density at radius 3 is 0.636 bits per heavy atom. The Morgan fingerprint density at radius 1 is 0.485 bits per heavy atom. The number of rotatable bonds is 6. The Morgan fingerprint density at radius 2 is 0.576 bits per heavy atom. The lowest BCUT2D eigenvalue weighted by molar-refractivity contribution is -0.792. The highest BCUT2D eigenvalue weighted by Crippen LogP contribution is 2.51. The highest BCUT2D eigenvalue weighted by Gasteiger charge is 2.89. The third kappa shape index (κ3) is 2.63. The molecule has 33 heavy (non-hydrogen) atoms. The van der Waals surface area contributed by atoms with E-state index in [-0.39, 0.29) is 30.1 Å². The fraction of sp³-hybridized carbons (Fsp3) is 0.875. The van der Waals surface area contributed by atoms with E-state index in [9.17, 15) is 60.7 Å². The van der Waals surface area contributed by atoms with Gasteiger partial charge in [0.05, 0.1) is 6.07 Å². The Bertz CT molecular complexity index is 870. The van der Waals surface area contributed by atoms with E-state index in [1.54, 1.807) is 6.07 Å². The van der Waals surface area contributed by atoms with Crippen molar-refractivity contribution in [3.63, 3.8) is 0 Å². The Hall–Kier alpha value is -5.31. The van der Waals surface area contributed by atoms with E-state index in [2.05, 4.69) is 0 Å². The molecule has 5 heterocycles. The number of hydrazine groups is 6. The summed E-state index contributed by atoms with van der Waals surface area (Å²) < 4.78 is 0. The molecule has 5 rings (SSSR count). The molecule has 0 unspecified atom stereocenters. The van der Waals surface area contributed by atoms with Gasteiger partial charge in [0.2, 0.25) is 0 Å². The van der Waals surface area contributed by atoms with Crippen molar-refractivity contribution in [2.75, 3.05) is 0 Å². The van der Waals surface area contributed by atoms with Crippen LogP contribution in [0.15, 0.2) is 0 Å². The maximum Gasteiger partial charge on any atom is 0.272 e. The second-order valence-corrected chi connectivity index (χ2v) is 6.41. The van der Waals surface area contributed by atoms with Gasteiger partial charge in [-0.2, -0.15) is 5.26 Å². The van der Waals surface area contributed by atoms with Crippen LogP contribution in [0, 0.1) is 72.0 Å². The van der Waals surface area contributed by atoms with Crippen LogP contribution in [-0.2, 0) is 0 Å².